The van der Waals surface area contributed by atoms with Gasteiger partial charge in [0.25, 0.3) is 0 Å². The van der Waals surface area contributed by atoms with Crippen LogP contribution in [-0.4, -0.2) is 5.11 Å². The van der Waals surface area contributed by atoms with Gasteiger partial charge in [0, 0.05) is 0 Å². The van der Waals surface area contributed by atoms with Crippen LogP contribution in [0.5, 0.6) is 0 Å². The zero-order valence-corrected chi connectivity index (χ0v) is 8.72. The van der Waals surface area contributed by atoms with E-state index in [1.165, 1.54) is 5.56 Å². The van der Waals surface area contributed by atoms with Gasteiger partial charge in [0.15, 0.2) is 0 Å². The number of benzene rings is 2. The maximum absolute atomic E-state index is 10.1. The minimum atomic E-state index is -0.522. The average Bonchev–Trinajstić information content (AvgIpc) is 2.29. The molecule has 0 amide bonds. The highest BCUT2D eigenvalue weighted by atomic mass is 16.3. The molecule has 0 spiro atoms. The first-order valence-electron chi connectivity index (χ1n) is 5.07. The van der Waals surface area contributed by atoms with E-state index < -0.39 is 6.10 Å². The third kappa shape index (κ3) is 2.25. The second kappa shape index (κ2) is 4.28. The molecule has 0 aromatic heterocycles. The summed E-state index contributed by atoms with van der Waals surface area (Å²) in [4.78, 5) is 0. The first-order chi connectivity index (χ1) is 7.27. The number of hydrogen-bond donors (Lipinski definition) is 1. The molecule has 0 aliphatic carbocycles. The minimum Gasteiger partial charge on any atom is -0.384 e. The minimum absolute atomic E-state index is 0.522. The molecule has 0 saturated heterocycles. The SMILES string of the molecule is Cc1cccc([C@H](O)c2ccccc2)c1. The van der Waals surface area contributed by atoms with Crippen molar-refractivity contribution in [1.82, 2.24) is 0 Å². The Kier molecular flexibility index (Phi) is 2.84. The quantitative estimate of drug-likeness (QED) is 0.786. The Bertz CT molecular complexity index is 434. The lowest BCUT2D eigenvalue weighted by Gasteiger charge is -2.11. The fraction of sp³-hybridized carbons (Fsp3) is 0.143. The van der Waals surface area contributed by atoms with Gasteiger partial charge in [0.2, 0.25) is 0 Å². The van der Waals surface area contributed by atoms with Gasteiger partial charge >= 0.3 is 0 Å². The monoisotopic (exact) mass is 198 g/mol. The fourth-order valence-electron chi connectivity index (χ4n) is 1.67. The van der Waals surface area contributed by atoms with E-state index in [0.717, 1.165) is 11.1 Å². The van der Waals surface area contributed by atoms with Gasteiger partial charge in [0.05, 0.1) is 0 Å². The highest BCUT2D eigenvalue weighted by Gasteiger charge is 2.08. The van der Waals surface area contributed by atoms with E-state index in [0.29, 0.717) is 0 Å². The maximum Gasteiger partial charge on any atom is 0.104 e. The van der Waals surface area contributed by atoms with E-state index in [2.05, 4.69) is 0 Å². The van der Waals surface area contributed by atoms with Crippen molar-refractivity contribution in [3.05, 3.63) is 71.3 Å². The van der Waals surface area contributed by atoms with E-state index in [9.17, 15) is 5.11 Å². The maximum atomic E-state index is 10.1. The molecular weight excluding hydrogens is 184 g/mol. The van der Waals surface area contributed by atoms with Crippen LogP contribution in [0.1, 0.15) is 22.8 Å². The van der Waals surface area contributed by atoms with Gasteiger partial charge < -0.3 is 5.11 Å². The first-order valence-corrected chi connectivity index (χ1v) is 5.07. The molecule has 1 heteroatoms. The van der Waals surface area contributed by atoms with Crippen LogP contribution < -0.4 is 0 Å². The van der Waals surface area contributed by atoms with Crippen molar-refractivity contribution in [1.29, 1.82) is 0 Å². The van der Waals surface area contributed by atoms with Crippen molar-refractivity contribution in [2.24, 2.45) is 0 Å². The van der Waals surface area contributed by atoms with E-state index in [1.807, 2.05) is 61.5 Å². The number of hydrogen-bond acceptors (Lipinski definition) is 1. The van der Waals surface area contributed by atoms with Crippen molar-refractivity contribution in [3.8, 4) is 0 Å². The van der Waals surface area contributed by atoms with Gasteiger partial charge in [-0.2, -0.15) is 0 Å². The van der Waals surface area contributed by atoms with Gasteiger partial charge in [-0.15, -0.1) is 0 Å². The summed E-state index contributed by atoms with van der Waals surface area (Å²) in [6.07, 6.45) is -0.522. The lowest BCUT2D eigenvalue weighted by atomic mass is 10.0. The average molecular weight is 198 g/mol. The van der Waals surface area contributed by atoms with Gasteiger partial charge in [0.1, 0.15) is 6.10 Å². The standard InChI is InChI=1S/C14H14O/c1-11-6-5-9-13(10-11)14(15)12-7-3-2-4-8-12/h2-10,14-15H,1H3/t14-/m1/s1. The molecule has 0 aliphatic rings. The summed E-state index contributed by atoms with van der Waals surface area (Å²) in [6, 6.07) is 17.7. The summed E-state index contributed by atoms with van der Waals surface area (Å²) in [6.45, 7) is 2.03. The fourth-order valence-corrected chi connectivity index (χ4v) is 1.67. The predicted molar refractivity (Wildman–Crippen MR) is 61.7 cm³/mol. The summed E-state index contributed by atoms with van der Waals surface area (Å²) >= 11 is 0. The van der Waals surface area contributed by atoms with Gasteiger partial charge in [-0.25, -0.2) is 0 Å². The summed E-state index contributed by atoms with van der Waals surface area (Å²) < 4.78 is 0. The van der Waals surface area contributed by atoms with Gasteiger partial charge in [-0.05, 0) is 18.1 Å². The van der Waals surface area contributed by atoms with Crippen LogP contribution in [0.3, 0.4) is 0 Å². The van der Waals surface area contributed by atoms with Gasteiger partial charge in [-0.1, -0.05) is 60.2 Å². The van der Waals surface area contributed by atoms with Crippen LogP contribution in [0.25, 0.3) is 0 Å². The Hall–Kier alpha value is -1.60. The number of aryl methyl sites for hydroxylation is 1. The molecule has 1 nitrogen and oxygen atoms in total. The molecular formula is C14H14O. The van der Waals surface area contributed by atoms with Crippen LogP contribution in [0.4, 0.5) is 0 Å². The molecule has 0 heterocycles. The molecule has 0 saturated carbocycles. The van der Waals surface area contributed by atoms with Crippen molar-refractivity contribution >= 4 is 0 Å². The predicted octanol–water partition coefficient (Wildman–Crippen LogP) is 3.08. The molecule has 15 heavy (non-hydrogen) atoms. The molecule has 0 bridgehead atoms. The molecule has 0 unspecified atom stereocenters. The Morgan fingerprint density at radius 3 is 2.20 bits per heavy atom. The largest absolute Gasteiger partial charge is 0.384 e. The summed E-state index contributed by atoms with van der Waals surface area (Å²) in [5.74, 6) is 0. The Morgan fingerprint density at radius 2 is 1.53 bits per heavy atom. The second-order valence-electron chi connectivity index (χ2n) is 3.73. The molecule has 1 N–H and O–H groups in total. The normalized spacial score (nSPS) is 12.4. The highest BCUT2D eigenvalue weighted by Crippen LogP contribution is 2.21. The topological polar surface area (TPSA) is 20.2 Å². The van der Waals surface area contributed by atoms with Crippen molar-refractivity contribution in [2.45, 2.75) is 13.0 Å². The summed E-state index contributed by atoms with van der Waals surface area (Å²) in [7, 11) is 0. The molecule has 2 aromatic rings. The van der Waals surface area contributed by atoms with Crippen LogP contribution in [-0.2, 0) is 0 Å². The molecule has 2 rings (SSSR count). The van der Waals surface area contributed by atoms with E-state index >= 15 is 0 Å². The van der Waals surface area contributed by atoms with Crippen LogP contribution in [0.15, 0.2) is 54.6 Å². The molecule has 0 fully saturated rings. The van der Waals surface area contributed by atoms with Crippen LogP contribution in [0.2, 0.25) is 0 Å². The smallest absolute Gasteiger partial charge is 0.104 e. The summed E-state index contributed by atoms with van der Waals surface area (Å²) in [5, 5.41) is 10.1. The first kappa shape index (κ1) is 9.94. The number of aliphatic hydroxyl groups excluding tert-OH is 1. The van der Waals surface area contributed by atoms with E-state index in [1.54, 1.807) is 0 Å². The second-order valence-corrected chi connectivity index (χ2v) is 3.73. The Morgan fingerprint density at radius 1 is 0.867 bits per heavy atom. The third-order valence-electron chi connectivity index (χ3n) is 2.47. The van der Waals surface area contributed by atoms with Crippen LogP contribution in [0, 0.1) is 6.92 Å². The Labute approximate surface area is 90.0 Å². The zero-order valence-electron chi connectivity index (χ0n) is 8.72. The van der Waals surface area contributed by atoms with Crippen LogP contribution >= 0.6 is 0 Å². The van der Waals surface area contributed by atoms with E-state index in [-0.39, 0.29) is 0 Å². The zero-order chi connectivity index (χ0) is 10.7. The van der Waals surface area contributed by atoms with E-state index in [4.69, 9.17) is 0 Å². The third-order valence-corrected chi connectivity index (χ3v) is 2.47. The molecule has 1 atom stereocenters. The molecule has 76 valence electrons. The van der Waals surface area contributed by atoms with Gasteiger partial charge in [-0.3, -0.25) is 0 Å². The molecule has 0 aliphatic heterocycles. The van der Waals surface area contributed by atoms with Crippen molar-refractivity contribution < 1.29 is 5.11 Å². The number of aliphatic hydroxyl groups is 1. The molecule has 0 radical (unpaired) electrons. The highest BCUT2D eigenvalue weighted by molar-refractivity contribution is 5.31. The Balaban J connectivity index is 2.32. The number of rotatable bonds is 2. The molecule has 2 aromatic carbocycles. The van der Waals surface area contributed by atoms with Crippen molar-refractivity contribution in [2.75, 3.05) is 0 Å². The lowest BCUT2D eigenvalue weighted by molar-refractivity contribution is 0.220. The lowest BCUT2D eigenvalue weighted by Crippen LogP contribution is -1.99. The van der Waals surface area contributed by atoms with Crippen molar-refractivity contribution in [3.63, 3.8) is 0 Å². The summed E-state index contributed by atoms with van der Waals surface area (Å²) in [5.41, 5.74) is 3.05.